The van der Waals surface area contributed by atoms with E-state index >= 15 is 0 Å². The summed E-state index contributed by atoms with van der Waals surface area (Å²) < 4.78 is 4.99. The van der Waals surface area contributed by atoms with Crippen molar-refractivity contribution in [1.29, 1.82) is 5.26 Å². The van der Waals surface area contributed by atoms with Crippen molar-refractivity contribution in [1.82, 2.24) is 4.98 Å². The number of aromatic nitrogens is 1. The quantitative estimate of drug-likeness (QED) is 0.869. The summed E-state index contributed by atoms with van der Waals surface area (Å²) in [7, 11) is 0. The number of carbonyl (C=O) groups excluding carboxylic acids is 1. The number of hydrogen-bond acceptors (Lipinski definition) is 5. The molecule has 0 radical (unpaired) electrons. The molecule has 1 aromatic carbocycles. The van der Waals surface area contributed by atoms with Gasteiger partial charge in [0.05, 0.1) is 23.4 Å². The molecular weight excluding hydrogens is 290 g/mol. The minimum absolute atomic E-state index is 0.280. The summed E-state index contributed by atoms with van der Waals surface area (Å²) >= 11 is 0. The van der Waals surface area contributed by atoms with Gasteiger partial charge in [-0.1, -0.05) is 17.7 Å². The lowest BCUT2D eigenvalue weighted by Gasteiger charge is -2.13. The van der Waals surface area contributed by atoms with E-state index in [0.717, 1.165) is 16.8 Å². The summed E-state index contributed by atoms with van der Waals surface area (Å²) in [6, 6.07) is 9.58. The van der Waals surface area contributed by atoms with Gasteiger partial charge >= 0.3 is 5.97 Å². The Kier molecular flexibility index (Phi) is 4.97. The maximum atomic E-state index is 11.9. The van der Waals surface area contributed by atoms with Gasteiger partial charge in [-0.15, -0.1) is 0 Å². The number of benzene rings is 1. The largest absolute Gasteiger partial charge is 0.462 e. The standard InChI is InChI=1S/C18H19N3O2/c1-5-23-18(22)15-9-14(10-19)17(20-13(15)4)21-16-7-6-11(2)8-12(16)3/h6-9H,5H2,1-4H3,(H,20,21). The van der Waals surface area contributed by atoms with E-state index in [9.17, 15) is 10.1 Å². The molecule has 0 fully saturated rings. The van der Waals surface area contributed by atoms with Crippen LogP contribution in [0.4, 0.5) is 11.5 Å². The summed E-state index contributed by atoms with van der Waals surface area (Å²) in [5, 5.41) is 12.5. The second-order valence-corrected chi connectivity index (χ2v) is 5.29. The van der Waals surface area contributed by atoms with Crippen molar-refractivity contribution in [3.05, 3.63) is 52.2 Å². The van der Waals surface area contributed by atoms with E-state index in [4.69, 9.17) is 4.74 Å². The molecule has 118 valence electrons. The number of nitrogens with zero attached hydrogens (tertiary/aromatic N) is 2. The number of nitriles is 1. The topological polar surface area (TPSA) is 75.0 Å². The van der Waals surface area contributed by atoms with Gasteiger partial charge in [-0.3, -0.25) is 0 Å². The zero-order valence-corrected chi connectivity index (χ0v) is 13.7. The molecule has 0 aliphatic heterocycles. The van der Waals surface area contributed by atoms with Gasteiger partial charge in [0.25, 0.3) is 0 Å². The van der Waals surface area contributed by atoms with Crippen molar-refractivity contribution in [2.24, 2.45) is 0 Å². The lowest BCUT2D eigenvalue weighted by molar-refractivity contribution is 0.0525. The smallest absolute Gasteiger partial charge is 0.340 e. The maximum Gasteiger partial charge on any atom is 0.340 e. The Morgan fingerprint density at radius 3 is 2.65 bits per heavy atom. The van der Waals surface area contributed by atoms with Crippen LogP contribution in [-0.2, 0) is 4.74 Å². The van der Waals surface area contributed by atoms with E-state index in [2.05, 4.69) is 16.4 Å². The number of rotatable bonds is 4. The second kappa shape index (κ2) is 6.93. The summed E-state index contributed by atoms with van der Waals surface area (Å²) in [5.41, 5.74) is 4.24. The van der Waals surface area contributed by atoms with Crippen LogP contribution in [0.1, 0.15) is 39.7 Å². The highest BCUT2D eigenvalue weighted by atomic mass is 16.5. The summed E-state index contributed by atoms with van der Waals surface area (Å²) in [4.78, 5) is 16.3. The summed E-state index contributed by atoms with van der Waals surface area (Å²) in [6.07, 6.45) is 0. The van der Waals surface area contributed by atoms with Crippen LogP contribution < -0.4 is 5.32 Å². The fourth-order valence-corrected chi connectivity index (χ4v) is 2.28. The fourth-order valence-electron chi connectivity index (χ4n) is 2.28. The van der Waals surface area contributed by atoms with E-state index in [1.165, 1.54) is 6.07 Å². The molecule has 0 aliphatic rings. The zero-order chi connectivity index (χ0) is 17.0. The third-order valence-corrected chi connectivity index (χ3v) is 3.46. The predicted molar refractivity (Wildman–Crippen MR) is 88.8 cm³/mol. The number of pyridine rings is 1. The van der Waals surface area contributed by atoms with Crippen molar-refractivity contribution in [2.75, 3.05) is 11.9 Å². The highest BCUT2D eigenvalue weighted by molar-refractivity contribution is 5.91. The minimum atomic E-state index is -0.466. The first-order chi connectivity index (χ1) is 11.0. The molecule has 5 nitrogen and oxygen atoms in total. The Morgan fingerprint density at radius 2 is 2.04 bits per heavy atom. The number of nitrogens with one attached hydrogen (secondary N) is 1. The number of hydrogen-bond donors (Lipinski definition) is 1. The van der Waals surface area contributed by atoms with E-state index < -0.39 is 5.97 Å². The fraction of sp³-hybridized carbons (Fsp3) is 0.278. The molecule has 2 aromatic rings. The van der Waals surface area contributed by atoms with Crippen LogP contribution in [0.2, 0.25) is 0 Å². The van der Waals surface area contributed by atoms with Crippen LogP contribution in [0.15, 0.2) is 24.3 Å². The molecule has 0 aliphatic carbocycles. The van der Waals surface area contributed by atoms with Gasteiger partial charge in [-0.05, 0) is 45.4 Å². The maximum absolute atomic E-state index is 11.9. The van der Waals surface area contributed by atoms with Crippen molar-refractivity contribution in [3.8, 4) is 6.07 Å². The Bertz CT molecular complexity index is 792. The monoisotopic (exact) mass is 309 g/mol. The van der Waals surface area contributed by atoms with Crippen LogP contribution >= 0.6 is 0 Å². The van der Waals surface area contributed by atoms with Gasteiger partial charge in [-0.2, -0.15) is 5.26 Å². The first kappa shape index (κ1) is 16.5. The second-order valence-electron chi connectivity index (χ2n) is 5.29. The van der Waals surface area contributed by atoms with Gasteiger partial charge < -0.3 is 10.1 Å². The third-order valence-electron chi connectivity index (χ3n) is 3.46. The Morgan fingerprint density at radius 1 is 1.30 bits per heavy atom. The van der Waals surface area contributed by atoms with Crippen LogP contribution in [-0.4, -0.2) is 17.6 Å². The molecule has 5 heteroatoms. The average Bonchev–Trinajstić information content (AvgIpc) is 2.50. The number of anilines is 2. The van der Waals surface area contributed by atoms with Gasteiger partial charge in [0.1, 0.15) is 11.9 Å². The lowest BCUT2D eigenvalue weighted by Crippen LogP contribution is -2.10. The van der Waals surface area contributed by atoms with Crippen molar-refractivity contribution in [3.63, 3.8) is 0 Å². The van der Waals surface area contributed by atoms with Crippen LogP contribution in [0.5, 0.6) is 0 Å². The predicted octanol–water partition coefficient (Wildman–Crippen LogP) is 3.80. The van der Waals surface area contributed by atoms with E-state index in [-0.39, 0.29) is 6.61 Å². The molecule has 0 unspecified atom stereocenters. The first-order valence-corrected chi connectivity index (χ1v) is 7.39. The van der Waals surface area contributed by atoms with Gasteiger partial charge in [0.15, 0.2) is 0 Å². The Balaban J connectivity index is 2.41. The molecule has 1 heterocycles. The zero-order valence-electron chi connectivity index (χ0n) is 13.7. The molecule has 0 saturated heterocycles. The number of aryl methyl sites for hydroxylation is 3. The van der Waals surface area contributed by atoms with Crippen LogP contribution in [0.3, 0.4) is 0 Å². The van der Waals surface area contributed by atoms with Crippen LogP contribution in [0, 0.1) is 32.1 Å². The number of ether oxygens (including phenoxy) is 1. The highest BCUT2D eigenvalue weighted by Crippen LogP contribution is 2.24. The van der Waals surface area contributed by atoms with Gasteiger partial charge in [-0.25, -0.2) is 9.78 Å². The van der Waals surface area contributed by atoms with Gasteiger partial charge in [0.2, 0.25) is 0 Å². The van der Waals surface area contributed by atoms with E-state index in [0.29, 0.717) is 22.6 Å². The molecule has 0 bridgehead atoms. The molecule has 1 aromatic heterocycles. The number of esters is 1. The normalized spacial score (nSPS) is 10.0. The molecule has 1 N–H and O–H groups in total. The van der Waals surface area contributed by atoms with Crippen molar-refractivity contribution < 1.29 is 9.53 Å². The van der Waals surface area contributed by atoms with Crippen LogP contribution in [0.25, 0.3) is 0 Å². The molecule has 0 saturated carbocycles. The van der Waals surface area contributed by atoms with Crippen molar-refractivity contribution in [2.45, 2.75) is 27.7 Å². The first-order valence-electron chi connectivity index (χ1n) is 7.39. The molecule has 23 heavy (non-hydrogen) atoms. The van der Waals surface area contributed by atoms with E-state index in [1.807, 2.05) is 32.0 Å². The molecule has 0 spiro atoms. The average molecular weight is 309 g/mol. The van der Waals surface area contributed by atoms with E-state index in [1.54, 1.807) is 13.8 Å². The van der Waals surface area contributed by atoms with Crippen molar-refractivity contribution >= 4 is 17.5 Å². The molecular formula is C18H19N3O2. The molecule has 0 amide bonds. The highest BCUT2D eigenvalue weighted by Gasteiger charge is 2.16. The Hall–Kier alpha value is -2.87. The summed E-state index contributed by atoms with van der Waals surface area (Å²) in [5.74, 6) is -0.0305. The Labute approximate surface area is 135 Å². The number of carbonyl (C=O) groups is 1. The summed E-state index contributed by atoms with van der Waals surface area (Å²) in [6.45, 7) is 7.75. The van der Waals surface area contributed by atoms with Gasteiger partial charge in [0, 0.05) is 5.69 Å². The third kappa shape index (κ3) is 3.67. The molecule has 2 rings (SSSR count). The minimum Gasteiger partial charge on any atom is -0.462 e. The SMILES string of the molecule is CCOC(=O)c1cc(C#N)c(Nc2ccc(C)cc2C)nc1C. The molecule has 0 atom stereocenters. The lowest BCUT2D eigenvalue weighted by atomic mass is 10.1.